The number of methoxy groups -OCH3 is 1. The average molecular weight is 659 g/mol. The third-order valence-electron chi connectivity index (χ3n) is 4.23. The number of ether oxygens (including phenoxy) is 1. The fourth-order valence-electron chi connectivity index (χ4n) is 3.60. The van der Waals surface area contributed by atoms with E-state index in [1.807, 2.05) is 98.2 Å². The third kappa shape index (κ3) is 10.3. The zero-order valence-electron chi connectivity index (χ0n) is 26.5. The topological polar surface area (TPSA) is 89.5 Å². The number of rotatable bonds is 14. The van der Waals surface area contributed by atoms with Crippen molar-refractivity contribution < 1.29 is 35.1 Å². The fourth-order valence-corrected chi connectivity index (χ4v) is 25.2. The molecule has 0 saturated heterocycles. The summed E-state index contributed by atoms with van der Waals surface area (Å²) in [5.41, 5.74) is 0.375. The lowest BCUT2D eigenvalue weighted by molar-refractivity contribution is 0.153. The highest BCUT2D eigenvalue weighted by molar-refractivity contribution is 7.75. The molecule has 0 atom stereocenters. The van der Waals surface area contributed by atoms with Crippen molar-refractivity contribution in [2.45, 2.75) is 103 Å². The van der Waals surface area contributed by atoms with Crippen LogP contribution in [0, 0.1) is 0 Å². The average Bonchev–Trinajstić information content (AvgIpc) is 2.58. The lowest BCUT2D eigenvalue weighted by Crippen LogP contribution is -2.48. The quantitative estimate of drug-likeness (QED) is 0.144. The Morgan fingerprint density at radius 2 is 0.816 bits per heavy atom. The lowest BCUT2D eigenvalue weighted by Gasteiger charge is -2.50. The fraction of sp³-hybridized carbons (Fsp3) is 0.739. The highest BCUT2D eigenvalue weighted by atomic mass is 31.2. The van der Waals surface area contributed by atoms with Gasteiger partial charge in [-0.1, -0.05) is 12.1 Å². The van der Waals surface area contributed by atoms with Crippen LogP contribution in [0.15, 0.2) is 24.3 Å². The van der Waals surface area contributed by atoms with Crippen LogP contribution < -0.4 is 4.74 Å². The van der Waals surface area contributed by atoms with Crippen molar-refractivity contribution in [1.29, 1.82) is 0 Å². The molecule has 8 nitrogen and oxygen atoms in total. The van der Waals surface area contributed by atoms with Gasteiger partial charge in [0.15, 0.2) is 41.6 Å². The molecule has 0 amide bonds. The maximum Gasteiger partial charge on any atom is 0.359 e. The van der Waals surface area contributed by atoms with Crippen LogP contribution in [0.2, 0.25) is 98.2 Å². The van der Waals surface area contributed by atoms with Gasteiger partial charge in [-0.3, -0.25) is 9.13 Å². The van der Waals surface area contributed by atoms with Crippen LogP contribution in [-0.4, -0.2) is 48.7 Å². The van der Waals surface area contributed by atoms with Gasteiger partial charge in [0.25, 0.3) is 5.08 Å². The van der Waals surface area contributed by atoms with E-state index in [2.05, 4.69) is 0 Å². The Balaban J connectivity index is 4.52. The smallest absolute Gasteiger partial charge is 0.359 e. The molecule has 1 rings (SSSR count). The van der Waals surface area contributed by atoms with Gasteiger partial charge in [0, 0.05) is 5.56 Å². The SMILES string of the molecule is COc1ccc(C(O[Si](C)(C)C)(P(=O)(O[Si](C)(C)C)O[Si](C)(C)C)P(=O)(O[Si](C)(C)C)O[Si](C)(C)C)cc1. The largest absolute Gasteiger partial charge is 0.497 e. The van der Waals surface area contributed by atoms with E-state index in [0.717, 1.165) is 0 Å². The lowest BCUT2D eigenvalue weighted by atomic mass is 10.2. The van der Waals surface area contributed by atoms with Crippen molar-refractivity contribution in [1.82, 2.24) is 0 Å². The standard InChI is InChI=1S/C23H52O8P2Si5/c1-26-22-19-17-21(18-20-22)23(27-34(2,3)4,32(24,28-35(5,6)7)29-36(8,9)10)33(25,30-37(11,12)13)31-38(14,15)16/h17-20H,1-16H3. The number of benzene rings is 1. The van der Waals surface area contributed by atoms with E-state index < -0.39 is 61.9 Å². The van der Waals surface area contributed by atoms with Crippen LogP contribution in [0.25, 0.3) is 0 Å². The van der Waals surface area contributed by atoms with Crippen LogP contribution in [0.1, 0.15) is 5.56 Å². The molecular formula is C23H52O8P2Si5. The Morgan fingerprint density at radius 1 is 0.526 bits per heavy atom. The molecule has 222 valence electrons. The van der Waals surface area contributed by atoms with Gasteiger partial charge >= 0.3 is 15.2 Å². The van der Waals surface area contributed by atoms with Crippen molar-refractivity contribution in [3.63, 3.8) is 0 Å². The normalized spacial score (nSPS) is 15.1. The summed E-state index contributed by atoms with van der Waals surface area (Å²) < 4.78 is 70.1. The van der Waals surface area contributed by atoms with Crippen molar-refractivity contribution in [2.75, 3.05) is 7.11 Å². The molecular weight excluding hydrogens is 607 g/mol. The predicted octanol–water partition coefficient (Wildman–Crippen LogP) is 9.45. The van der Waals surface area contributed by atoms with E-state index in [1.165, 1.54) is 0 Å². The van der Waals surface area contributed by atoms with Gasteiger partial charge in [-0.25, -0.2) is 0 Å². The molecule has 15 heteroatoms. The molecule has 0 radical (unpaired) electrons. The van der Waals surface area contributed by atoms with Crippen molar-refractivity contribution in [3.05, 3.63) is 29.8 Å². The van der Waals surface area contributed by atoms with Crippen LogP contribution in [-0.2, 0) is 35.5 Å². The van der Waals surface area contributed by atoms with E-state index in [4.69, 9.17) is 26.0 Å². The van der Waals surface area contributed by atoms with E-state index in [-0.39, 0.29) is 0 Å². The summed E-state index contributed by atoms with van der Waals surface area (Å²) in [6, 6.07) is 6.91. The third-order valence-corrected chi connectivity index (χ3v) is 21.8. The summed E-state index contributed by atoms with van der Waals surface area (Å²) >= 11 is 0. The van der Waals surface area contributed by atoms with E-state index >= 15 is 9.13 Å². The molecule has 0 fully saturated rings. The Hall–Kier alpha value is 0.364. The van der Waals surface area contributed by atoms with Gasteiger partial charge in [0.2, 0.25) is 0 Å². The van der Waals surface area contributed by atoms with Gasteiger partial charge < -0.3 is 26.0 Å². The summed E-state index contributed by atoms with van der Waals surface area (Å²) in [5, 5.41) is -2.13. The van der Waals surface area contributed by atoms with E-state index in [0.29, 0.717) is 11.3 Å². The zero-order chi connectivity index (χ0) is 30.2. The Kier molecular flexibility index (Phi) is 11.4. The number of hydrogen-bond acceptors (Lipinski definition) is 8. The number of hydrogen-bond donors (Lipinski definition) is 0. The summed E-state index contributed by atoms with van der Waals surface area (Å²) in [6.45, 7) is 29.1. The monoisotopic (exact) mass is 658 g/mol. The molecule has 0 aliphatic heterocycles. The molecule has 1 aromatic rings. The van der Waals surface area contributed by atoms with Crippen LogP contribution in [0.4, 0.5) is 0 Å². The van der Waals surface area contributed by atoms with Gasteiger partial charge in [0.05, 0.1) is 7.11 Å². The van der Waals surface area contributed by atoms with Crippen LogP contribution in [0.5, 0.6) is 5.75 Å². The van der Waals surface area contributed by atoms with Crippen LogP contribution in [0.3, 0.4) is 0 Å². The van der Waals surface area contributed by atoms with Gasteiger partial charge in [-0.15, -0.1) is 0 Å². The second kappa shape index (κ2) is 11.9. The van der Waals surface area contributed by atoms with Crippen molar-refractivity contribution in [3.8, 4) is 5.75 Å². The minimum atomic E-state index is -4.41. The highest BCUT2D eigenvalue weighted by Crippen LogP contribution is 2.85. The summed E-state index contributed by atoms with van der Waals surface area (Å²) in [6.07, 6.45) is 0. The molecule has 0 spiro atoms. The first-order valence-corrected chi connectivity index (χ1v) is 33.1. The molecule has 0 heterocycles. The molecule has 0 bridgehead atoms. The van der Waals surface area contributed by atoms with Gasteiger partial charge in [-0.2, -0.15) is 0 Å². The predicted molar refractivity (Wildman–Crippen MR) is 172 cm³/mol. The molecule has 1 aromatic carbocycles. The molecule has 0 saturated carbocycles. The van der Waals surface area contributed by atoms with Gasteiger partial charge in [-0.05, 0) is 110 Å². The minimum Gasteiger partial charge on any atom is -0.497 e. The van der Waals surface area contributed by atoms with Gasteiger partial charge in [0.1, 0.15) is 5.75 Å². The van der Waals surface area contributed by atoms with Crippen LogP contribution >= 0.6 is 15.2 Å². The summed E-state index contributed by atoms with van der Waals surface area (Å²) in [7, 11) is -20.3. The van der Waals surface area contributed by atoms with E-state index in [9.17, 15) is 0 Å². The Labute approximate surface area is 237 Å². The van der Waals surface area contributed by atoms with Crippen molar-refractivity contribution >= 4 is 56.8 Å². The first kappa shape index (κ1) is 36.4. The van der Waals surface area contributed by atoms with E-state index in [1.54, 1.807) is 31.4 Å². The maximum atomic E-state index is 15.7. The zero-order valence-corrected chi connectivity index (χ0v) is 33.3. The Morgan fingerprint density at radius 3 is 1.03 bits per heavy atom. The molecule has 0 N–H and O–H groups in total. The summed E-state index contributed by atoms with van der Waals surface area (Å²) in [5.74, 6) is 0.592. The first-order valence-electron chi connectivity index (χ1n) is 13.0. The molecule has 0 aliphatic carbocycles. The molecule has 38 heavy (non-hydrogen) atoms. The molecule has 0 aliphatic rings. The highest BCUT2D eigenvalue weighted by Gasteiger charge is 2.71. The molecule has 0 aromatic heterocycles. The maximum absolute atomic E-state index is 15.7. The first-order chi connectivity index (χ1) is 16.6. The molecule has 0 unspecified atom stereocenters. The second-order valence-corrected chi connectivity index (χ2v) is 42.2. The van der Waals surface area contributed by atoms with Crippen molar-refractivity contribution in [2.24, 2.45) is 0 Å². The Bertz CT molecular complexity index is 943. The summed E-state index contributed by atoms with van der Waals surface area (Å²) in [4.78, 5) is 0. The minimum absolute atomic E-state index is 0.375. The second-order valence-electron chi connectivity index (χ2n) is 14.4.